The Morgan fingerprint density at radius 3 is 2.57 bits per heavy atom. The molecule has 1 amide bonds. The first-order valence-corrected chi connectivity index (χ1v) is 7.29. The highest BCUT2D eigenvalue weighted by Gasteiger charge is 2.23. The number of hydrogen-bond acceptors (Lipinski definition) is 4. The molecule has 1 unspecified atom stereocenters. The standard InChI is InChI=1S/C15H22N2O4/c1-12(10-15(19)20)9-14(18)17-6-4-16(5-7-17)11-13-3-2-8-21-13/h2-3,8,12H,4-7,9-11H2,1H3,(H,19,20). The highest BCUT2D eigenvalue weighted by atomic mass is 16.4. The SMILES string of the molecule is CC(CC(=O)O)CC(=O)N1CCN(Cc2ccco2)CC1. The average Bonchev–Trinajstić information content (AvgIpc) is 2.91. The zero-order valence-corrected chi connectivity index (χ0v) is 12.3. The summed E-state index contributed by atoms with van der Waals surface area (Å²) in [6, 6.07) is 3.82. The van der Waals surface area contributed by atoms with Crippen LogP contribution < -0.4 is 0 Å². The number of carboxylic acids is 1. The minimum atomic E-state index is -0.849. The molecule has 1 aromatic rings. The molecule has 0 bridgehead atoms. The van der Waals surface area contributed by atoms with Crippen molar-refractivity contribution in [3.63, 3.8) is 0 Å². The van der Waals surface area contributed by atoms with Gasteiger partial charge in [-0.2, -0.15) is 0 Å². The van der Waals surface area contributed by atoms with Gasteiger partial charge in [-0.25, -0.2) is 0 Å². The molecule has 0 spiro atoms. The monoisotopic (exact) mass is 294 g/mol. The van der Waals surface area contributed by atoms with E-state index >= 15 is 0 Å². The van der Waals surface area contributed by atoms with Crippen LogP contribution in [0.5, 0.6) is 0 Å². The molecule has 0 radical (unpaired) electrons. The van der Waals surface area contributed by atoms with Gasteiger partial charge < -0.3 is 14.4 Å². The van der Waals surface area contributed by atoms with Gasteiger partial charge in [0.25, 0.3) is 0 Å². The van der Waals surface area contributed by atoms with Gasteiger partial charge in [0.1, 0.15) is 5.76 Å². The van der Waals surface area contributed by atoms with Crippen LogP contribution in [-0.2, 0) is 16.1 Å². The van der Waals surface area contributed by atoms with E-state index in [-0.39, 0.29) is 18.2 Å². The number of carboxylic acid groups (broad SMARTS) is 1. The highest BCUT2D eigenvalue weighted by molar-refractivity contribution is 5.77. The fourth-order valence-corrected chi connectivity index (χ4v) is 2.58. The summed E-state index contributed by atoms with van der Waals surface area (Å²) in [6.07, 6.45) is 2.02. The fraction of sp³-hybridized carbons (Fsp3) is 0.600. The molecular weight excluding hydrogens is 272 g/mol. The van der Waals surface area contributed by atoms with Gasteiger partial charge in [0, 0.05) is 39.0 Å². The van der Waals surface area contributed by atoms with Crippen molar-refractivity contribution in [3.8, 4) is 0 Å². The first-order chi connectivity index (χ1) is 10.0. The van der Waals surface area contributed by atoms with Crippen molar-refractivity contribution >= 4 is 11.9 Å². The number of furan rings is 1. The van der Waals surface area contributed by atoms with Crippen LogP contribution in [-0.4, -0.2) is 53.0 Å². The lowest BCUT2D eigenvalue weighted by Gasteiger charge is -2.34. The van der Waals surface area contributed by atoms with Gasteiger partial charge in [-0.05, 0) is 18.1 Å². The van der Waals surface area contributed by atoms with Gasteiger partial charge in [0.15, 0.2) is 0 Å². The number of piperazine rings is 1. The highest BCUT2D eigenvalue weighted by Crippen LogP contribution is 2.13. The summed E-state index contributed by atoms with van der Waals surface area (Å²) >= 11 is 0. The van der Waals surface area contributed by atoms with E-state index in [0.717, 1.165) is 25.4 Å². The van der Waals surface area contributed by atoms with Crippen molar-refractivity contribution in [1.82, 2.24) is 9.80 Å². The second kappa shape index (κ2) is 7.26. The maximum atomic E-state index is 12.1. The first-order valence-electron chi connectivity index (χ1n) is 7.29. The Kier molecular flexibility index (Phi) is 5.38. The Morgan fingerprint density at radius 2 is 2.00 bits per heavy atom. The third-order valence-corrected chi connectivity index (χ3v) is 3.73. The number of amides is 1. The van der Waals surface area contributed by atoms with E-state index in [1.807, 2.05) is 17.0 Å². The maximum Gasteiger partial charge on any atom is 0.303 e. The zero-order valence-electron chi connectivity index (χ0n) is 12.3. The summed E-state index contributed by atoms with van der Waals surface area (Å²) in [5, 5.41) is 8.72. The Bertz CT molecular complexity index is 464. The van der Waals surface area contributed by atoms with Crippen LogP contribution >= 0.6 is 0 Å². The Morgan fingerprint density at radius 1 is 1.29 bits per heavy atom. The molecule has 1 fully saturated rings. The molecule has 1 saturated heterocycles. The number of hydrogen-bond donors (Lipinski definition) is 1. The molecule has 0 saturated carbocycles. The largest absolute Gasteiger partial charge is 0.481 e. The van der Waals surface area contributed by atoms with Crippen LogP contribution in [0.2, 0.25) is 0 Å². The molecule has 1 aliphatic rings. The summed E-state index contributed by atoms with van der Waals surface area (Å²) in [7, 11) is 0. The van der Waals surface area contributed by atoms with E-state index in [9.17, 15) is 9.59 Å². The van der Waals surface area contributed by atoms with Crippen molar-refractivity contribution in [2.75, 3.05) is 26.2 Å². The van der Waals surface area contributed by atoms with Crippen LogP contribution in [0.25, 0.3) is 0 Å². The van der Waals surface area contributed by atoms with Crippen molar-refractivity contribution in [2.45, 2.75) is 26.3 Å². The molecule has 1 N–H and O–H groups in total. The fourth-order valence-electron chi connectivity index (χ4n) is 2.58. The summed E-state index contributed by atoms with van der Waals surface area (Å²) in [4.78, 5) is 26.8. The molecule has 6 nitrogen and oxygen atoms in total. The van der Waals surface area contributed by atoms with E-state index < -0.39 is 5.97 Å². The van der Waals surface area contributed by atoms with E-state index in [1.165, 1.54) is 0 Å². The number of carbonyl (C=O) groups excluding carboxylic acids is 1. The van der Waals surface area contributed by atoms with Crippen LogP contribution in [0.3, 0.4) is 0 Å². The summed E-state index contributed by atoms with van der Waals surface area (Å²) in [5.41, 5.74) is 0. The third kappa shape index (κ3) is 4.90. The number of aliphatic carboxylic acids is 1. The van der Waals surface area contributed by atoms with Crippen molar-refractivity contribution in [1.29, 1.82) is 0 Å². The van der Waals surface area contributed by atoms with Gasteiger partial charge in [-0.15, -0.1) is 0 Å². The van der Waals surface area contributed by atoms with Gasteiger partial charge in [-0.3, -0.25) is 14.5 Å². The van der Waals surface area contributed by atoms with Crippen LogP contribution in [0.1, 0.15) is 25.5 Å². The minimum Gasteiger partial charge on any atom is -0.481 e. The first kappa shape index (κ1) is 15.6. The molecule has 2 rings (SSSR count). The molecule has 6 heteroatoms. The number of carbonyl (C=O) groups is 2. The molecule has 0 aromatic carbocycles. The third-order valence-electron chi connectivity index (χ3n) is 3.73. The maximum absolute atomic E-state index is 12.1. The molecule has 1 atom stereocenters. The molecule has 1 aromatic heterocycles. The molecule has 1 aliphatic heterocycles. The molecule has 2 heterocycles. The predicted molar refractivity (Wildman–Crippen MR) is 76.6 cm³/mol. The van der Waals surface area contributed by atoms with Gasteiger partial charge in [0.2, 0.25) is 5.91 Å². The van der Waals surface area contributed by atoms with Gasteiger partial charge in [0.05, 0.1) is 12.8 Å². The van der Waals surface area contributed by atoms with Crippen molar-refractivity contribution < 1.29 is 19.1 Å². The topological polar surface area (TPSA) is 74.0 Å². The predicted octanol–water partition coefficient (Wildman–Crippen LogP) is 1.42. The smallest absolute Gasteiger partial charge is 0.303 e. The van der Waals surface area contributed by atoms with Crippen LogP contribution in [0.4, 0.5) is 0 Å². The van der Waals surface area contributed by atoms with Crippen molar-refractivity contribution in [3.05, 3.63) is 24.2 Å². The Hall–Kier alpha value is -1.82. The molecule has 21 heavy (non-hydrogen) atoms. The lowest BCUT2D eigenvalue weighted by Crippen LogP contribution is -2.48. The van der Waals surface area contributed by atoms with Crippen molar-refractivity contribution in [2.24, 2.45) is 5.92 Å². The quantitative estimate of drug-likeness (QED) is 0.859. The van der Waals surface area contributed by atoms with E-state index in [1.54, 1.807) is 13.2 Å². The lowest BCUT2D eigenvalue weighted by atomic mass is 10.0. The Labute approximate surface area is 124 Å². The number of nitrogens with zero attached hydrogens (tertiary/aromatic N) is 2. The zero-order chi connectivity index (χ0) is 15.2. The summed E-state index contributed by atoms with van der Waals surface area (Å²) in [5.74, 6) is 0.0287. The second-order valence-corrected chi connectivity index (χ2v) is 5.64. The lowest BCUT2D eigenvalue weighted by molar-refractivity contribution is -0.139. The average molecular weight is 294 g/mol. The molecule has 116 valence electrons. The second-order valence-electron chi connectivity index (χ2n) is 5.64. The van der Waals surface area contributed by atoms with Crippen LogP contribution in [0, 0.1) is 5.92 Å². The summed E-state index contributed by atoms with van der Waals surface area (Å²) in [6.45, 7) is 5.60. The van der Waals surface area contributed by atoms with Crippen LogP contribution in [0.15, 0.2) is 22.8 Å². The molecular formula is C15H22N2O4. The number of rotatable bonds is 6. The van der Waals surface area contributed by atoms with Gasteiger partial charge >= 0.3 is 5.97 Å². The minimum absolute atomic E-state index is 0.0458. The van der Waals surface area contributed by atoms with E-state index in [0.29, 0.717) is 19.5 Å². The Balaban J connectivity index is 1.72. The van der Waals surface area contributed by atoms with E-state index in [2.05, 4.69) is 4.90 Å². The summed E-state index contributed by atoms with van der Waals surface area (Å²) < 4.78 is 5.32. The van der Waals surface area contributed by atoms with Gasteiger partial charge in [-0.1, -0.05) is 6.92 Å². The normalized spacial score (nSPS) is 17.7. The molecule has 0 aliphatic carbocycles. The van der Waals surface area contributed by atoms with E-state index in [4.69, 9.17) is 9.52 Å².